The first-order valence-corrected chi connectivity index (χ1v) is 5.48. The Labute approximate surface area is 89.3 Å². The van der Waals surface area contributed by atoms with Gasteiger partial charge in [0.25, 0.3) is 0 Å². The van der Waals surface area contributed by atoms with Crippen LogP contribution >= 0.6 is 27.3 Å². The molecule has 0 amide bonds. The van der Waals surface area contributed by atoms with Gasteiger partial charge in [0.15, 0.2) is 0 Å². The average molecular weight is 254 g/mol. The number of hydrogen-bond donors (Lipinski definition) is 1. The Morgan fingerprint density at radius 1 is 1.08 bits per heavy atom. The first-order chi connectivity index (χ1) is 6.27. The SMILES string of the molecule is Nc1ccccc1-c1ccc(Br)s1. The summed E-state index contributed by atoms with van der Waals surface area (Å²) in [4.78, 5) is 1.20. The van der Waals surface area contributed by atoms with Crippen molar-refractivity contribution in [3.8, 4) is 10.4 Å². The molecule has 2 rings (SSSR count). The predicted molar refractivity (Wildman–Crippen MR) is 61.9 cm³/mol. The highest BCUT2D eigenvalue weighted by Gasteiger charge is 2.03. The van der Waals surface area contributed by atoms with E-state index in [1.54, 1.807) is 11.3 Å². The predicted octanol–water partition coefficient (Wildman–Crippen LogP) is 3.76. The van der Waals surface area contributed by atoms with Gasteiger partial charge in [-0.1, -0.05) is 18.2 Å². The van der Waals surface area contributed by atoms with E-state index in [-0.39, 0.29) is 0 Å². The van der Waals surface area contributed by atoms with E-state index in [1.807, 2.05) is 30.3 Å². The molecular weight excluding hydrogens is 246 g/mol. The van der Waals surface area contributed by atoms with Crippen LogP contribution in [0.2, 0.25) is 0 Å². The third-order valence-electron chi connectivity index (χ3n) is 1.80. The normalized spacial score (nSPS) is 10.2. The molecule has 3 heteroatoms. The van der Waals surface area contributed by atoms with Gasteiger partial charge in [-0.25, -0.2) is 0 Å². The fourth-order valence-corrected chi connectivity index (χ4v) is 2.61. The maximum atomic E-state index is 5.85. The van der Waals surface area contributed by atoms with Crippen LogP contribution in [0.25, 0.3) is 10.4 Å². The van der Waals surface area contributed by atoms with Crippen LogP contribution in [0.15, 0.2) is 40.2 Å². The summed E-state index contributed by atoms with van der Waals surface area (Å²) in [6.45, 7) is 0. The maximum Gasteiger partial charge on any atom is 0.0705 e. The van der Waals surface area contributed by atoms with Crippen molar-refractivity contribution in [3.63, 3.8) is 0 Å². The lowest BCUT2D eigenvalue weighted by molar-refractivity contribution is 1.67. The van der Waals surface area contributed by atoms with Crippen molar-refractivity contribution in [2.45, 2.75) is 0 Å². The van der Waals surface area contributed by atoms with Gasteiger partial charge in [-0.2, -0.15) is 0 Å². The molecule has 0 atom stereocenters. The quantitative estimate of drug-likeness (QED) is 0.770. The van der Waals surface area contributed by atoms with E-state index < -0.39 is 0 Å². The maximum absolute atomic E-state index is 5.85. The molecule has 0 spiro atoms. The topological polar surface area (TPSA) is 26.0 Å². The number of para-hydroxylation sites is 1. The Kier molecular flexibility index (Phi) is 2.38. The molecule has 0 fully saturated rings. The minimum absolute atomic E-state index is 0.830. The summed E-state index contributed by atoms with van der Waals surface area (Å²) in [6.07, 6.45) is 0. The molecule has 0 aliphatic rings. The molecule has 0 bridgehead atoms. The van der Waals surface area contributed by atoms with Crippen LogP contribution in [-0.2, 0) is 0 Å². The zero-order valence-electron chi connectivity index (χ0n) is 6.83. The number of anilines is 1. The zero-order chi connectivity index (χ0) is 9.26. The molecular formula is C10H8BrNS. The Balaban J connectivity index is 2.52. The van der Waals surface area contributed by atoms with Crippen molar-refractivity contribution in [1.29, 1.82) is 0 Å². The van der Waals surface area contributed by atoms with Crippen molar-refractivity contribution >= 4 is 33.0 Å². The lowest BCUT2D eigenvalue weighted by atomic mass is 10.1. The first-order valence-electron chi connectivity index (χ1n) is 3.87. The molecule has 1 heterocycles. The van der Waals surface area contributed by atoms with Gasteiger partial charge in [0, 0.05) is 16.1 Å². The van der Waals surface area contributed by atoms with Gasteiger partial charge < -0.3 is 5.73 Å². The molecule has 0 aliphatic carbocycles. The van der Waals surface area contributed by atoms with Gasteiger partial charge in [-0.3, -0.25) is 0 Å². The second kappa shape index (κ2) is 3.52. The summed E-state index contributed by atoms with van der Waals surface area (Å²) in [5.41, 5.74) is 7.79. The molecule has 0 saturated carbocycles. The van der Waals surface area contributed by atoms with Crippen LogP contribution in [0, 0.1) is 0 Å². The van der Waals surface area contributed by atoms with E-state index in [1.165, 1.54) is 4.88 Å². The number of halogens is 1. The zero-order valence-corrected chi connectivity index (χ0v) is 9.23. The van der Waals surface area contributed by atoms with E-state index in [4.69, 9.17) is 5.73 Å². The van der Waals surface area contributed by atoms with Crippen molar-refractivity contribution < 1.29 is 0 Å². The lowest BCUT2D eigenvalue weighted by Gasteiger charge is -2.00. The molecule has 0 unspecified atom stereocenters. The summed E-state index contributed by atoms with van der Waals surface area (Å²) in [5.74, 6) is 0. The van der Waals surface area contributed by atoms with E-state index in [9.17, 15) is 0 Å². The third kappa shape index (κ3) is 1.76. The second-order valence-electron chi connectivity index (χ2n) is 2.69. The molecule has 0 saturated heterocycles. The highest BCUT2D eigenvalue weighted by molar-refractivity contribution is 9.11. The smallest absolute Gasteiger partial charge is 0.0705 e. The Hall–Kier alpha value is -0.800. The molecule has 1 aromatic carbocycles. The van der Waals surface area contributed by atoms with Crippen LogP contribution in [0.3, 0.4) is 0 Å². The standard InChI is InChI=1S/C10H8BrNS/c11-10-6-5-9(13-10)7-3-1-2-4-8(7)12/h1-6H,12H2. The largest absolute Gasteiger partial charge is 0.398 e. The number of nitrogen functional groups attached to an aromatic ring is 1. The minimum Gasteiger partial charge on any atom is -0.398 e. The monoisotopic (exact) mass is 253 g/mol. The van der Waals surface area contributed by atoms with Crippen molar-refractivity contribution in [3.05, 3.63) is 40.2 Å². The van der Waals surface area contributed by atoms with Gasteiger partial charge >= 0.3 is 0 Å². The van der Waals surface area contributed by atoms with Crippen LogP contribution in [0.5, 0.6) is 0 Å². The molecule has 66 valence electrons. The highest BCUT2D eigenvalue weighted by atomic mass is 79.9. The lowest BCUT2D eigenvalue weighted by Crippen LogP contribution is -1.86. The fourth-order valence-electron chi connectivity index (χ4n) is 1.18. The highest BCUT2D eigenvalue weighted by Crippen LogP contribution is 2.34. The summed E-state index contributed by atoms with van der Waals surface area (Å²) in [5, 5.41) is 0. The minimum atomic E-state index is 0.830. The molecule has 2 N–H and O–H groups in total. The second-order valence-corrected chi connectivity index (χ2v) is 5.15. The Morgan fingerprint density at radius 2 is 1.85 bits per heavy atom. The van der Waals surface area contributed by atoms with Gasteiger partial charge in [-0.15, -0.1) is 11.3 Å². The number of nitrogens with two attached hydrogens (primary N) is 1. The van der Waals surface area contributed by atoms with Crippen molar-refractivity contribution in [2.24, 2.45) is 0 Å². The van der Waals surface area contributed by atoms with Gasteiger partial charge in [-0.05, 0) is 34.1 Å². The molecule has 13 heavy (non-hydrogen) atoms. The molecule has 1 aromatic heterocycles. The van der Waals surface area contributed by atoms with Crippen LogP contribution < -0.4 is 5.73 Å². The first kappa shape index (κ1) is 8.78. The Morgan fingerprint density at radius 3 is 2.46 bits per heavy atom. The number of hydrogen-bond acceptors (Lipinski definition) is 2. The van der Waals surface area contributed by atoms with Crippen LogP contribution in [0.4, 0.5) is 5.69 Å². The van der Waals surface area contributed by atoms with Crippen molar-refractivity contribution in [2.75, 3.05) is 5.73 Å². The summed E-state index contributed by atoms with van der Waals surface area (Å²) in [6, 6.07) is 12.0. The number of benzene rings is 1. The van der Waals surface area contributed by atoms with E-state index in [0.29, 0.717) is 0 Å². The molecule has 0 aliphatic heterocycles. The van der Waals surface area contributed by atoms with Gasteiger partial charge in [0.2, 0.25) is 0 Å². The van der Waals surface area contributed by atoms with Crippen LogP contribution in [-0.4, -0.2) is 0 Å². The third-order valence-corrected chi connectivity index (χ3v) is 3.46. The van der Waals surface area contributed by atoms with Gasteiger partial charge in [0.05, 0.1) is 3.79 Å². The Bertz CT molecular complexity index is 422. The fraction of sp³-hybridized carbons (Fsp3) is 0. The molecule has 1 nitrogen and oxygen atoms in total. The van der Waals surface area contributed by atoms with E-state index >= 15 is 0 Å². The molecule has 0 radical (unpaired) electrons. The molecule has 2 aromatic rings. The summed E-state index contributed by atoms with van der Waals surface area (Å²) < 4.78 is 1.13. The van der Waals surface area contributed by atoms with Crippen molar-refractivity contribution in [1.82, 2.24) is 0 Å². The number of thiophene rings is 1. The summed E-state index contributed by atoms with van der Waals surface area (Å²) >= 11 is 5.12. The van der Waals surface area contributed by atoms with Gasteiger partial charge in [0.1, 0.15) is 0 Å². The number of rotatable bonds is 1. The summed E-state index contributed by atoms with van der Waals surface area (Å²) in [7, 11) is 0. The van der Waals surface area contributed by atoms with Crippen LogP contribution in [0.1, 0.15) is 0 Å². The van der Waals surface area contributed by atoms with E-state index in [0.717, 1.165) is 15.0 Å². The average Bonchev–Trinajstić information content (AvgIpc) is 2.53. The van der Waals surface area contributed by atoms with E-state index in [2.05, 4.69) is 22.0 Å².